The quantitative estimate of drug-likeness (QED) is 0.619. The Balaban J connectivity index is 1.88. The van der Waals surface area contributed by atoms with Gasteiger partial charge < -0.3 is 14.2 Å². The molecule has 2 heterocycles. The van der Waals surface area contributed by atoms with Crippen LogP contribution in [-0.4, -0.2) is 42.9 Å². The van der Waals surface area contributed by atoms with Crippen LogP contribution in [0.4, 0.5) is 0 Å². The number of rotatable bonds is 6. The van der Waals surface area contributed by atoms with Crippen LogP contribution >= 0.6 is 0 Å². The summed E-state index contributed by atoms with van der Waals surface area (Å²) in [6.07, 6.45) is 1.66. The monoisotopic (exact) mass is 404 g/mol. The Morgan fingerprint density at radius 3 is 2.47 bits per heavy atom. The highest BCUT2D eigenvalue weighted by Gasteiger charge is 2.42. The molecule has 0 saturated carbocycles. The molecule has 1 unspecified atom stereocenters. The minimum atomic E-state index is -0.416. The number of aryl methyl sites for hydroxylation is 2. The summed E-state index contributed by atoms with van der Waals surface area (Å²) in [5.74, 6) is -0.0138. The van der Waals surface area contributed by atoms with Gasteiger partial charge in [0.05, 0.1) is 17.0 Å². The van der Waals surface area contributed by atoms with Crippen molar-refractivity contribution in [1.82, 2.24) is 9.80 Å². The first kappa shape index (κ1) is 20.4. The Hall–Kier alpha value is -2.92. The number of hydrogen-bond donors (Lipinski definition) is 0. The van der Waals surface area contributed by atoms with E-state index >= 15 is 0 Å². The maximum absolute atomic E-state index is 13.6. The Bertz CT molecular complexity index is 1150. The molecule has 0 fully saturated rings. The Labute approximate surface area is 176 Å². The van der Waals surface area contributed by atoms with Crippen molar-refractivity contribution in [3.05, 3.63) is 80.7 Å². The first-order valence-electron chi connectivity index (χ1n) is 10.5. The van der Waals surface area contributed by atoms with Gasteiger partial charge in [0.15, 0.2) is 5.43 Å². The van der Waals surface area contributed by atoms with Gasteiger partial charge in [-0.2, -0.15) is 0 Å². The van der Waals surface area contributed by atoms with Gasteiger partial charge in [0.2, 0.25) is 5.76 Å². The third-order valence-corrected chi connectivity index (χ3v) is 5.84. The molecule has 1 aromatic heterocycles. The van der Waals surface area contributed by atoms with Gasteiger partial charge in [0, 0.05) is 6.54 Å². The van der Waals surface area contributed by atoms with Crippen LogP contribution in [-0.2, 0) is 6.42 Å². The number of benzene rings is 2. The van der Waals surface area contributed by atoms with Crippen LogP contribution in [0.25, 0.3) is 11.0 Å². The highest BCUT2D eigenvalue weighted by molar-refractivity contribution is 5.99. The van der Waals surface area contributed by atoms with Crippen LogP contribution in [0.1, 0.15) is 52.2 Å². The number of amides is 1. The predicted octanol–water partition coefficient (Wildman–Crippen LogP) is 4.16. The molecule has 1 aliphatic rings. The van der Waals surface area contributed by atoms with Gasteiger partial charge >= 0.3 is 0 Å². The van der Waals surface area contributed by atoms with Gasteiger partial charge in [-0.05, 0) is 63.7 Å². The van der Waals surface area contributed by atoms with Crippen molar-refractivity contribution in [1.29, 1.82) is 0 Å². The van der Waals surface area contributed by atoms with Crippen LogP contribution in [0.3, 0.4) is 0 Å². The highest BCUT2D eigenvalue weighted by atomic mass is 16.3. The fourth-order valence-corrected chi connectivity index (χ4v) is 4.17. The van der Waals surface area contributed by atoms with E-state index in [0.29, 0.717) is 23.1 Å². The molecule has 0 saturated heterocycles. The number of nitrogens with zero attached hydrogens (tertiary/aromatic N) is 2. The fourth-order valence-electron chi connectivity index (χ4n) is 4.17. The number of fused-ring (bicyclic) bond motifs is 2. The Morgan fingerprint density at radius 2 is 1.80 bits per heavy atom. The molecule has 1 amide bonds. The minimum Gasteiger partial charge on any atom is -0.450 e. The molecule has 4 rings (SSSR count). The first-order valence-corrected chi connectivity index (χ1v) is 10.5. The second-order valence-electron chi connectivity index (χ2n) is 8.33. The molecule has 1 aliphatic heterocycles. The average molecular weight is 405 g/mol. The Morgan fingerprint density at radius 1 is 1.07 bits per heavy atom. The van der Waals surface area contributed by atoms with Crippen LogP contribution in [0.15, 0.2) is 51.7 Å². The van der Waals surface area contributed by atoms with Crippen molar-refractivity contribution in [2.45, 2.75) is 32.7 Å². The van der Waals surface area contributed by atoms with E-state index in [1.165, 1.54) is 0 Å². The SMILES string of the molecule is CCc1ccc2oc3c(c(=O)c2c1)C(c1ccc(C)cc1)N(CCCN(C)C)C3=O. The number of carbonyl (C=O) groups is 1. The molecule has 0 N–H and O–H groups in total. The lowest BCUT2D eigenvalue weighted by molar-refractivity contribution is 0.0722. The van der Waals surface area contributed by atoms with E-state index in [1.807, 2.05) is 57.4 Å². The van der Waals surface area contributed by atoms with E-state index in [0.717, 1.165) is 36.1 Å². The molecule has 5 heteroatoms. The molecule has 0 spiro atoms. The molecule has 3 aromatic rings. The van der Waals surface area contributed by atoms with E-state index in [-0.39, 0.29) is 17.1 Å². The van der Waals surface area contributed by atoms with Crippen molar-refractivity contribution in [3.8, 4) is 0 Å². The molecular formula is C25H28N2O3. The van der Waals surface area contributed by atoms with Gasteiger partial charge in [-0.1, -0.05) is 42.8 Å². The third-order valence-electron chi connectivity index (χ3n) is 5.84. The lowest BCUT2D eigenvalue weighted by Crippen LogP contribution is -2.32. The van der Waals surface area contributed by atoms with Gasteiger partial charge in [0.1, 0.15) is 5.58 Å². The van der Waals surface area contributed by atoms with Crippen LogP contribution in [0, 0.1) is 6.92 Å². The molecule has 0 radical (unpaired) electrons. The number of hydrogen-bond acceptors (Lipinski definition) is 4. The van der Waals surface area contributed by atoms with Crippen molar-refractivity contribution in [2.75, 3.05) is 27.2 Å². The van der Waals surface area contributed by atoms with Crippen LogP contribution in [0.2, 0.25) is 0 Å². The second-order valence-corrected chi connectivity index (χ2v) is 8.33. The number of carbonyl (C=O) groups excluding carboxylic acids is 1. The topological polar surface area (TPSA) is 53.8 Å². The molecule has 30 heavy (non-hydrogen) atoms. The zero-order chi connectivity index (χ0) is 21.4. The van der Waals surface area contributed by atoms with Crippen LogP contribution in [0.5, 0.6) is 0 Å². The normalized spacial score (nSPS) is 16.0. The fraction of sp³-hybridized carbons (Fsp3) is 0.360. The lowest BCUT2D eigenvalue weighted by Gasteiger charge is -2.25. The lowest BCUT2D eigenvalue weighted by atomic mass is 9.97. The molecule has 156 valence electrons. The third kappa shape index (κ3) is 3.54. The second kappa shape index (κ2) is 8.07. The summed E-state index contributed by atoms with van der Waals surface area (Å²) in [7, 11) is 4.03. The molecule has 5 nitrogen and oxygen atoms in total. The Kier molecular flexibility index (Phi) is 5.48. The van der Waals surface area contributed by atoms with Crippen LogP contribution < -0.4 is 5.43 Å². The van der Waals surface area contributed by atoms with E-state index in [9.17, 15) is 9.59 Å². The largest absolute Gasteiger partial charge is 0.450 e. The molecule has 2 aromatic carbocycles. The van der Waals surface area contributed by atoms with Crippen molar-refractivity contribution in [3.63, 3.8) is 0 Å². The summed E-state index contributed by atoms with van der Waals surface area (Å²) < 4.78 is 6.03. The van der Waals surface area contributed by atoms with E-state index in [1.54, 1.807) is 11.0 Å². The smallest absolute Gasteiger partial charge is 0.290 e. The summed E-state index contributed by atoms with van der Waals surface area (Å²) in [6, 6.07) is 13.3. The summed E-state index contributed by atoms with van der Waals surface area (Å²) >= 11 is 0. The summed E-state index contributed by atoms with van der Waals surface area (Å²) in [4.78, 5) is 30.8. The first-order chi connectivity index (χ1) is 14.4. The van der Waals surface area contributed by atoms with E-state index in [2.05, 4.69) is 11.8 Å². The van der Waals surface area contributed by atoms with E-state index < -0.39 is 6.04 Å². The maximum atomic E-state index is 13.6. The molecular weight excluding hydrogens is 376 g/mol. The predicted molar refractivity (Wildman–Crippen MR) is 119 cm³/mol. The van der Waals surface area contributed by atoms with Crippen molar-refractivity contribution >= 4 is 16.9 Å². The van der Waals surface area contributed by atoms with Gasteiger partial charge in [-0.15, -0.1) is 0 Å². The zero-order valence-corrected chi connectivity index (χ0v) is 18.1. The molecule has 1 atom stereocenters. The standard InChI is InChI=1S/C25H28N2O3/c1-5-17-9-12-20-19(15-17)23(28)21-22(18-10-7-16(2)8-11-18)27(14-6-13-26(3)4)25(29)24(21)30-20/h7-12,15,22H,5-6,13-14H2,1-4H3. The summed E-state index contributed by atoms with van der Waals surface area (Å²) in [6.45, 7) is 5.52. The van der Waals surface area contributed by atoms with Crippen molar-refractivity contribution in [2.24, 2.45) is 0 Å². The van der Waals surface area contributed by atoms with Gasteiger partial charge in [-0.3, -0.25) is 9.59 Å². The van der Waals surface area contributed by atoms with Crippen molar-refractivity contribution < 1.29 is 9.21 Å². The summed E-state index contributed by atoms with van der Waals surface area (Å²) in [5, 5.41) is 0.549. The average Bonchev–Trinajstić information content (AvgIpc) is 3.00. The minimum absolute atomic E-state index is 0.101. The van der Waals surface area contributed by atoms with E-state index in [4.69, 9.17) is 4.42 Å². The van der Waals surface area contributed by atoms with Gasteiger partial charge in [-0.25, -0.2) is 0 Å². The maximum Gasteiger partial charge on any atom is 0.290 e. The molecule has 0 bridgehead atoms. The van der Waals surface area contributed by atoms with Gasteiger partial charge in [0.25, 0.3) is 5.91 Å². The highest BCUT2D eigenvalue weighted by Crippen LogP contribution is 2.38. The summed E-state index contributed by atoms with van der Waals surface area (Å²) in [5.41, 5.74) is 4.00. The zero-order valence-electron chi connectivity index (χ0n) is 18.1. The molecule has 0 aliphatic carbocycles.